The Kier molecular flexibility index (Phi) is 6.05. The summed E-state index contributed by atoms with van der Waals surface area (Å²) < 4.78 is 46.4. The molecule has 0 aliphatic rings. The summed E-state index contributed by atoms with van der Waals surface area (Å²) in [6, 6.07) is -1.51. The Hall–Kier alpha value is -1.73. The second-order valence-corrected chi connectivity index (χ2v) is 5.03. The average molecular weight is 297 g/mol. The molecule has 0 unspecified atom stereocenters. The number of hydrogen-bond donors (Lipinski definition) is 1. The monoisotopic (exact) mass is 297 g/mol. The van der Waals surface area contributed by atoms with Gasteiger partial charge in [-0.1, -0.05) is 6.58 Å². The molecule has 0 radical (unpaired) electrons. The number of ether oxygens (including phenoxy) is 2. The molecule has 20 heavy (non-hydrogen) atoms. The van der Waals surface area contributed by atoms with Gasteiger partial charge in [0.25, 0.3) is 0 Å². The van der Waals surface area contributed by atoms with E-state index in [1.807, 2.05) is 5.32 Å². The van der Waals surface area contributed by atoms with Gasteiger partial charge in [0, 0.05) is 12.0 Å². The summed E-state index contributed by atoms with van der Waals surface area (Å²) in [5.74, 6) is -1.01. The Bertz CT molecular complexity index is 385. The van der Waals surface area contributed by atoms with Crippen LogP contribution >= 0.6 is 0 Å². The smallest absolute Gasteiger partial charge is 0.412 e. The molecule has 5 nitrogen and oxygen atoms in total. The van der Waals surface area contributed by atoms with Crippen molar-refractivity contribution in [1.29, 1.82) is 0 Å². The molecule has 0 saturated heterocycles. The van der Waals surface area contributed by atoms with Gasteiger partial charge in [0.15, 0.2) is 0 Å². The highest BCUT2D eigenvalue weighted by Crippen LogP contribution is 2.27. The van der Waals surface area contributed by atoms with Gasteiger partial charge in [0.2, 0.25) is 0 Å². The lowest BCUT2D eigenvalue weighted by molar-refractivity contribution is -0.143. The fourth-order valence-corrected chi connectivity index (χ4v) is 1.15. The molecule has 1 atom stereocenters. The number of hydrogen-bond acceptors (Lipinski definition) is 4. The Balaban J connectivity index is 4.80. The summed E-state index contributed by atoms with van der Waals surface area (Å²) in [6.45, 7) is 7.57. The minimum Gasteiger partial charge on any atom is -0.467 e. The van der Waals surface area contributed by atoms with Crippen LogP contribution in [0.4, 0.5) is 18.0 Å². The number of halogens is 3. The third-order valence-corrected chi connectivity index (χ3v) is 2.03. The van der Waals surface area contributed by atoms with E-state index in [9.17, 15) is 22.8 Å². The van der Waals surface area contributed by atoms with Gasteiger partial charge >= 0.3 is 18.2 Å². The van der Waals surface area contributed by atoms with Gasteiger partial charge in [0.1, 0.15) is 11.6 Å². The molecule has 0 bridgehead atoms. The van der Waals surface area contributed by atoms with Crippen molar-refractivity contribution in [2.75, 3.05) is 7.11 Å². The lowest BCUT2D eigenvalue weighted by atomic mass is 10.1. The summed E-state index contributed by atoms with van der Waals surface area (Å²) in [5.41, 5.74) is -1.99. The van der Waals surface area contributed by atoms with Crippen molar-refractivity contribution in [3.63, 3.8) is 0 Å². The molecule has 0 aromatic rings. The molecule has 0 aromatic carbocycles. The maximum Gasteiger partial charge on any atom is 0.412 e. The van der Waals surface area contributed by atoms with Gasteiger partial charge in [-0.3, -0.25) is 0 Å². The number of alkyl halides is 3. The second kappa shape index (κ2) is 6.62. The molecule has 1 amide bonds. The number of amides is 1. The Morgan fingerprint density at radius 2 is 1.75 bits per heavy atom. The van der Waals surface area contributed by atoms with Crippen molar-refractivity contribution in [3.8, 4) is 0 Å². The van der Waals surface area contributed by atoms with Crippen LogP contribution in [0.3, 0.4) is 0 Å². The summed E-state index contributed by atoms with van der Waals surface area (Å²) >= 11 is 0. The number of alkyl carbamates (subject to hydrolysis) is 1. The van der Waals surface area contributed by atoms with Crippen LogP contribution in [-0.4, -0.2) is 37.0 Å². The van der Waals surface area contributed by atoms with E-state index < -0.39 is 41.9 Å². The molecule has 116 valence electrons. The van der Waals surface area contributed by atoms with E-state index in [2.05, 4.69) is 11.3 Å². The fraction of sp³-hybridized carbons (Fsp3) is 0.667. The van der Waals surface area contributed by atoms with Crippen LogP contribution in [0.15, 0.2) is 12.2 Å². The zero-order chi connectivity index (χ0) is 16.1. The highest BCUT2D eigenvalue weighted by molar-refractivity contribution is 5.81. The van der Waals surface area contributed by atoms with E-state index in [0.717, 1.165) is 7.11 Å². The van der Waals surface area contributed by atoms with E-state index in [4.69, 9.17) is 4.74 Å². The van der Waals surface area contributed by atoms with E-state index in [1.165, 1.54) is 0 Å². The molecule has 0 rings (SSSR count). The van der Waals surface area contributed by atoms with Gasteiger partial charge in [0.05, 0.1) is 7.11 Å². The average Bonchev–Trinajstić information content (AvgIpc) is 2.22. The predicted octanol–water partition coefficient (Wildman–Crippen LogP) is 2.56. The standard InChI is InChI=1S/C12H18F3NO4/c1-7(12(13,14)15)6-8(9(17)19-5)16-10(18)20-11(2,3)4/h8H,1,6H2,2-5H3,(H,16,18)/t8-/m1/s1. The van der Waals surface area contributed by atoms with Crippen LogP contribution in [0.1, 0.15) is 27.2 Å². The largest absolute Gasteiger partial charge is 0.467 e. The van der Waals surface area contributed by atoms with E-state index in [1.54, 1.807) is 20.8 Å². The third kappa shape index (κ3) is 7.01. The van der Waals surface area contributed by atoms with Crippen molar-refractivity contribution in [1.82, 2.24) is 5.32 Å². The van der Waals surface area contributed by atoms with Crippen molar-refractivity contribution >= 4 is 12.1 Å². The van der Waals surface area contributed by atoms with Gasteiger partial charge in [-0.05, 0) is 20.8 Å². The lowest BCUT2D eigenvalue weighted by Gasteiger charge is -2.23. The van der Waals surface area contributed by atoms with Crippen LogP contribution in [0.25, 0.3) is 0 Å². The Morgan fingerprint density at radius 1 is 1.25 bits per heavy atom. The first-order valence-electron chi connectivity index (χ1n) is 5.69. The molecular formula is C12H18F3NO4. The normalized spacial score (nSPS) is 13.3. The molecular weight excluding hydrogens is 279 g/mol. The van der Waals surface area contributed by atoms with Gasteiger partial charge in [-0.15, -0.1) is 0 Å². The first-order chi connectivity index (χ1) is 8.86. The van der Waals surface area contributed by atoms with Crippen LogP contribution in [-0.2, 0) is 14.3 Å². The van der Waals surface area contributed by atoms with E-state index in [0.29, 0.717) is 0 Å². The maximum atomic E-state index is 12.4. The number of carbonyl (C=O) groups is 2. The van der Waals surface area contributed by atoms with Crippen LogP contribution < -0.4 is 5.32 Å². The highest BCUT2D eigenvalue weighted by atomic mass is 19.4. The quantitative estimate of drug-likeness (QED) is 0.640. The number of rotatable bonds is 4. The van der Waals surface area contributed by atoms with E-state index >= 15 is 0 Å². The SMILES string of the molecule is C=C(C[C@@H](NC(=O)OC(C)(C)C)C(=O)OC)C(F)(F)F. The highest BCUT2D eigenvalue weighted by Gasteiger charge is 2.36. The van der Waals surface area contributed by atoms with E-state index in [-0.39, 0.29) is 0 Å². The number of esters is 1. The fourth-order valence-electron chi connectivity index (χ4n) is 1.15. The molecule has 8 heteroatoms. The zero-order valence-corrected chi connectivity index (χ0v) is 11.8. The topological polar surface area (TPSA) is 64.6 Å². The van der Waals surface area contributed by atoms with Crippen LogP contribution in [0.5, 0.6) is 0 Å². The minimum atomic E-state index is -4.65. The first kappa shape index (κ1) is 18.3. The molecule has 0 heterocycles. The van der Waals surface area contributed by atoms with Crippen molar-refractivity contribution in [2.45, 2.75) is 45.0 Å². The second-order valence-electron chi connectivity index (χ2n) is 5.03. The summed E-state index contributed by atoms with van der Waals surface area (Å²) in [7, 11) is 1.00. The molecule has 0 aliphatic carbocycles. The van der Waals surface area contributed by atoms with Gasteiger partial charge in [-0.2, -0.15) is 13.2 Å². The molecule has 0 saturated carbocycles. The van der Waals surface area contributed by atoms with Gasteiger partial charge < -0.3 is 14.8 Å². The lowest BCUT2D eigenvalue weighted by Crippen LogP contribution is -2.44. The predicted molar refractivity (Wildman–Crippen MR) is 65.0 cm³/mol. The Labute approximate surface area is 115 Å². The molecule has 1 N–H and O–H groups in total. The summed E-state index contributed by atoms with van der Waals surface area (Å²) in [5, 5.41) is 2.03. The zero-order valence-electron chi connectivity index (χ0n) is 11.8. The number of carbonyl (C=O) groups excluding carboxylic acids is 2. The summed E-state index contributed by atoms with van der Waals surface area (Å²) in [6.07, 6.45) is -6.47. The van der Waals surface area contributed by atoms with Gasteiger partial charge in [-0.25, -0.2) is 9.59 Å². The molecule has 0 spiro atoms. The first-order valence-corrected chi connectivity index (χ1v) is 5.69. The maximum absolute atomic E-state index is 12.4. The molecule has 0 fully saturated rings. The van der Waals surface area contributed by atoms with Crippen LogP contribution in [0, 0.1) is 0 Å². The van der Waals surface area contributed by atoms with Crippen LogP contribution in [0.2, 0.25) is 0 Å². The molecule has 0 aliphatic heterocycles. The minimum absolute atomic E-state index is 0.810. The Morgan fingerprint density at radius 3 is 2.10 bits per heavy atom. The summed E-state index contributed by atoms with van der Waals surface area (Å²) in [4.78, 5) is 22.8. The van der Waals surface area contributed by atoms with Crippen molar-refractivity contribution in [3.05, 3.63) is 12.2 Å². The third-order valence-electron chi connectivity index (χ3n) is 2.03. The number of methoxy groups -OCH3 is 1. The number of nitrogens with one attached hydrogen (secondary N) is 1. The van der Waals surface area contributed by atoms with Crippen molar-refractivity contribution < 1.29 is 32.2 Å². The van der Waals surface area contributed by atoms with Crippen molar-refractivity contribution in [2.24, 2.45) is 0 Å². The molecule has 0 aromatic heterocycles.